The van der Waals surface area contributed by atoms with Crippen molar-refractivity contribution in [3.8, 4) is 0 Å². The summed E-state index contributed by atoms with van der Waals surface area (Å²) in [6, 6.07) is 9.86. The van der Waals surface area contributed by atoms with Crippen LogP contribution in [0.25, 0.3) is 0 Å². The van der Waals surface area contributed by atoms with Crippen LogP contribution in [0.2, 0.25) is 0 Å². The Morgan fingerprint density at radius 2 is 1.53 bits per heavy atom. The van der Waals surface area contributed by atoms with Gasteiger partial charge in [0.05, 0.1) is 15.5 Å². The molecule has 2 aromatic carbocycles. The Kier molecular flexibility index (Phi) is 6.19. The van der Waals surface area contributed by atoms with Crippen LogP contribution in [-0.4, -0.2) is 66.4 Å². The summed E-state index contributed by atoms with van der Waals surface area (Å²) in [6.45, 7) is 1.97. The molecule has 178 valence electrons. The summed E-state index contributed by atoms with van der Waals surface area (Å²) in [6.07, 6.45) is 0.338. The first-order chi connectivity index (χ1) is 16.1. The zero-order valence-electron chi connectivity index (χ0n) is 18.3. The number of nitro benzene ring substituents is 1. The van der Waals surface area contributed by atoms with Crippen LogP contribution in [0.5, 0.6) is 0 Å². The van der Waals surface area contributed by atoms with Gasteiger partial charge in [-0.15, -0.1) is 0 Å². The van der Waals surface area contributed by atoms with Crippen LogP contribution in [0.4, 0.5) is 11.4 Å². The fourth-order valence-electron chi connectivity index (χ4n) is 4.05. The van der Waals surface area contributed by atoms with E-state index >= 15 is 0 Å². The number of hydrogen-bond acceptors (Lipinski definition) is 7. The van der Waals surface area contributed by atoms with Gasteiger partial charge < -0.3 is 4.90 Å². The molecule has 34 heavy (non-hydrogen) atoms. The number of nitro groups is 1. The normalized spacial score (nSPS) is 17.3. The molecule has 0 N–H and O–H groups in total. The number of imide groups is 1. The molecule has 3 amide bonds. The molecule has 0 radical (unpaired) electrons. The van der Waals surface area contributed by atoms with Gasteiger partial charge in [-0.1, -0.05) is 6.07 Å². The zero-order chi connectivity index (χ0) is 24.6. The fourth-order valence-corrected chi connectivity index (χ4v) is 5.72. The maximum atomic E-state index is 13.1. The lowest BCUT2D eigenvalue weighted by Crippen LogP contribution is -2.50. The van der Waals surface area contributed by atoms with E-state index in [9.17, 15) is 32.9 Å². The summed E-state index contributed by atoms with van der Waals surface area (Å²) in [5, 5.41) is 11.1. The average Bonchev–Trinajstić information content (AvgIpc) is 3.16. The predicted molar refractivity (Wildman–Crippen MR) is 121 cm³/mol. The molecular weight excluding hydrogens is 464 g/mol. The molecule has 0 atom stereocenters. The first-order valence-electron chi connectivity index (χ1n) is 10.6. The van der Waals surface area contributed by atoms with Crippen LogP contribution in [0, 0.1) is 17.0 Å². The van der Waals surface area contributed by atoms with Crippen molar-refractivity contribution in [1.29, 1.82) is 0 Å². The van der Waals surface area contributed by atoms with Gasteiger partial charge in [-0.3, -0.25) is 29.4 Å². The molecule has 0 saturated carbocycles. The van der Waals surface area contributed by atoms with Crippen molar-refractivity contribution in [3.05, 3.63) is 63.7 Å². The number of hydrogen-bond donors (Lipinski definition) is 0. The minimum absolute atomic E-state index is 0.0467. The average molecular weight is 487 g/mol. The van der Waals surface area contributed by atoms with Crippen molar-refractivity contribution in [2.24, 2.45) is 0 Å². The number of piperazine rings is 1. The third-order valence-corrected chi connectivity index (χ3v) is 7.99. The van der Waals surface area contributed by atoms with Crippen molar-refractivity contribution >= 4 is 39.1 Å². The summed E-state index contributed by atoms with van der Waals surface area (Å²) in [5.41, 5.74) is 0.860. The molecule has 0 aliphatic carbocycles. The van der Waals surface area contributed by atoms with Gasteiger partial charge in [0.2, 0.25) is 21.8 Å². The summed E-state index contributed by atoms with van der Waals surface area (Å²) in [7, 11) is -3.97. The quantitative estimate of drug-likeness (QED) is 0.356. The molecule has 2 heterocycles. The van der Waals surface area contributed by atoms with E-state index in [-0.39, 0.29) is 67.3 Å². The monoisotopic (exact) mass is 486 g/mol. The lowest BCUT2D eigenvalue weighted by atomic mass is 10.1. The van der Waals surface area contributed by atoms with Crippen molar-refractivity contribution in [2.75, 3.05) is 31.1 Å². The first-order valence-corrected chi connectivity index (χ1v) is 12.0. The van der Waals surface area contributed by atoms with Crippen molar-refractivity contribution in [1.82, 2.24) is 9.21 Å². The summed E-state index contributed by atoms with van der Waals surface area (Å²) >= 11 is 0. The Hall–Kier alpha value is -3.64. The fraction of sp³-hybridized carbons (Fsp3) is 0.318. The second-order valence-electron chi connectivity index (χ2n) is 8.07. The number of sulfonamides is 1. The van der Waals surface area contributed by atoms with Gasteiger partial charge in [0, 0.05) is 56.7 Å². The summed E-state index contributed by atoms with van der Waals surface area (Å²) in [4.78, 5) is 49.6. The van der Waals surface area contributed by atoms with Crippen molar-refractivity contribution in [2.45, 2.75) is 24.7 Å². The number of amides is 3. The molecule has 0 spiro atoms. The molecule has 2 saturated heterocycles. The van der Waals surface area contributed by atoms with E-state index in [0.717, 1.165) is 11.0 Å². The van der Waals surface area contributed by atoms with Crippen LogP contribution in [-0.2, 0) is 19.6 Å². The number of anilines is 1. The molecule has 2 aliphatic rings. The molecule has 0 unspecified atom stereocenters. The molecule has 4 rings (SSSR count). The van der Waals surface area contributed by atoms with Gasteiger partial charge in [-0.25, -0.2) is 8.42 Å². The van der Waals surface area contributed by atoms with E-state index < -0.39 is 14.9 Å². The van der Waals surface area contributed by atoms with Gasteiger partial charge in [0.1, 0.15) is 0 Å². The number of carbonyl (C=O) groups excluding carboxylic acids is 3. The highest BCUT2D eigenvalue weighted by Gasteiger charge is 2.33. The van der Waals surface area contributed by atoms with Gasteiger partial charge >= 0.3 is 0 Å². The van der Waals surface area contributed by atoms with Crippen LogP contribution < -0.4 is 4.90 Å². The van der Waals surface area contributed by atoms with Gasteiger partial charge in [0.15, 0.2) is 0 Å². The molecule has 12 heteroatoms. The third kappa shape index (κ3) is 4.29. The van der Waals surface area contributed by atoms with E-state index in [4.69, 9.17) is 0 Å². The smallest absolute Gasteiger partial charge is 0.270 e. The van der Waals surface area contributed by atoms with Crippen molar-refractivity contribution < 1.29 is 27.7 Å². The Bertz CT molecular complexity index is 1270. The molecule has 2 fully saturated rings. The zero-order valence-corrected chi connectivity index (χ0v) is 19.2. The van der Waals surface area contributed by atoms with E-state index in [1.54, 1.807) is 19.1 Å². The number of nitrogens with zero attached hydrogens (tertiary/aromatic N) is 4. The number of rotatable bonds is 5. The first kappa shape index (κ1) is 23.5. The lowest BCUT2D eigenvalue weighted by Gasteiger charge is -2.34. The van der Waals surface area contributed by atoms with Crippen molar-refractivity contribution in [3.63, 3.8) is 0 Å². The maximum absolute atomic E-state index is 13.1. The topological polar surface area (TPSA) is 138 Å². The van der Waals surface area contributed by atoms with Crippen LogP contribution in [0.15, 0.2) is 47.4 Å². The van der Waals surface area contributed by atoms with E-state index in [0.29, 0.717) is 16.8 Å². The molecule has 11 nitrogen and oxygen atoms in total. The highest BCUT2D eigenvalue weighted by Crippen LogP contribution is 2.26. The molecule has 0 bridgehead atoms. The highest BCUT2D eigenvalue weighted by atomic mass is 32.2. The van der Waals surface area contributed by atoms with Crippen LogP contribution in [0.3, 0.4) is 0 Å². The summed E-state index contributed by atoms with van der Waals surface area (Å²) < 4.78 is 27.4. The largest absolute Gasteiger partial charge is 0.336 e. The standard InChI is InChI=1S/C22H22N4O7S/c1-15-2-5-18(26(30)31)14-19(15)34(32,33)24-12-10-23(11-13-24)22(29)16-3-6-17(7-4-16)25-20(27)8-9-21(25)28/h2-7,14H,8-13H2,1H3. The Morgan fingerprint density at radius 3 is 2.09 bits per heavy atom. The number of carbonyl (C=O) groups is 3. The second kappa shape index (κ2) is 8.95. The summed E-state index contributed by atoms with van der Waals surface area (Å²) in [5.74, 6) is -0.852. The minimum Gasteiger partial charge on any atom is -0.336 e. The minimum atomic E-state index is -3.97. The SMILES string of the molecule is Cc1ccc([N+](=O)[O-])cc1S(=O)(=O)N1CCN(C(=O)c2ccc(N3C(=O)CCC3=O)cc2)CC1. The van der Waals surface area contributed by atoms with Crippen LogP contribution >= 0.6 is 0 Å². The highest BCUT2D eigenvalue weighted by molar-refractivity contribution is 7.89. The predicted octanol–water partition coefficient (Wildman–Crippen LogP) is 1.70. The lowest BCUT2D eigenvalue weighted by molar-refractivity contribution is -0.385. The van der Waals surface area contributed by atoms with E-state index in [2.05, 4.69) is 0 Å². The number of benzene rings is 2. The second-order valence-corrected chi connectivity index (χ2v) is 9.98. The third-order valence-electron chi connectivity index (χ3n) is 5.95. The van der Waals surface area contributed by atoms with Gasteiger partial charge in [-0.05, 0) is 36.8 Å². The Balaban J connectivity index is 1.44. The molecular formula is C22H22N4O7S. The Morgan fingerprint density at radius 1 is 0.941 bits per heavy atom. The number of aryl methyl sites for hydroxylation is 1. The Labute approximate surface area is 195 Å². The van der Waals surface area contributed by atoms with Crippen LogP contribution in [0.1, 0.15) is 28.8 Å². The van der Waals surface area contributed by atoms with Gasteiger partial charge in [-0.2, -0.15) is 4.31 Å². The van der Waals surface area contributed by atoms with E-state index in [1.807, 2.05) is 0 Å². The molecule has 2 aromatic rings. The van der Waals surface area contributed by atoms with E-state index in [1.165, 1.54) is 33.5 Å². The maximum Gasteiger partial charge on any atom is 0.270 e. The number of non-ortho nitro benzene ring substituents is 1. The van der Waals surface area contributed by atoms with Gasteiger partial charge in [0.25, 0.3) is 11.6 Å². The molecule has 2 aliphatic heterocycles. The molecule has 0 aromatic heterocycles.